The normalized spacial score (nSPS) is 14.6. The zero-order valence-corrected chi connectivity index (χ0v) is 23.4. The van der Waals surface area contributed by atoms with Gasteiger partial charge < -0.3 is 24.6 Å². The Morgan fingerprint density at radius 2 is 1.73 bits per heavy atom. The first-order valence-corrected chi connectivity index (χ1v) is 13.7. The standard InChI is InChI=1S/C32H37N3O5/c1-4-40-31(37)12-8-9-19-34(26-10-6-5-7-11-26)27-16-14-25(15-17-27)33-32(38)24-20-30(36)35(22-24)29-21-28(39-3)18-13-23(29)2/h5-7,10-11,13-18,21,24H,4,8-9,12,19-20,22H2,1-3H3,(H,33,38). The minimum absolute atomic E-state index is 0.0756. The molecular formula is C32H37N3O5. The maximum atomic E-state index is 13.1. The third-order valence-electron chi connectivity index (χ3n) is 7.04. The van der Waals surface area contributed by atoms with Crippen LogP contribution < -0.4 is 19.9 Å². The number of nitrogens with one attached hydrogen (secondary N) is 1. The molecule has 0 bridgehead atoms. The van der Waals surface area contributed by atoms with Crippen molar-refractivity contribution in [2.45, 2.75) is 39.5 Å². The first-order valence-electron chi connectivity index (χ1n) is 13.7. The number of ether oxygens (including phenoxy) is 2. The van der Waals surface area contributed by atoms with Crippen LogP contribution in [0, 0.1) is 12.8 Å². The number of rotatable bonds is 12. The van der Waals surface area contributed by atoms with E-state index in [1.165, 1.54) is 0 Å². The van der Waals surface area contributed by atoms with Crippen LogP contribution in [-0.4, -0.2) is 44.6 Å². The van der Waals surface area contributed by atoms with Crippen molar-refractivity contribution in [1.29, 1.82) is 0 Å². The van der Waals surface area contributed by atoms with Crippen LogP contribution in [0.15, 0.2) is 72.8 Å². The van der Waals surface area contributed by atoms with Gasteiger partial charge in [-0.2, -0.15) is 0 Å². The van der Waals surface area contributed by atoms with E-state index in [0.717, 1.165) is 42.0 Å². The molecule has 210 valence electrons. The summed E-state index contributed by atoms with van der Waals surface area (Å²) in [6.45, 7) is 5.21. The van der Waals surface area contributed by atoms with Gasteiger partial charge in [-0.1, -0.05) is 24.3 Å². The Bertz CT molecular complexity index is 1310. The number of amides is 2. The van der Waals surface area contributed by atoms with E-state index in [4.69, 9.17) is 9.47 Å². The van der Waals surface area contributed by atoms with E-state index >= 15 is 0 Å². The van der Waals surface area contributed by atoms with E-state index in [9.17, 15) is 14.4 Å². The molecule has 1 unspecified atom stereocenters. The van der Waals surface area contributed by atoms with Gasteiger partial charge in [-0.05, 0) is 74.7 Å². The lowest BCUT2D eigenvalue weighted by atomic mass is 10.1. The minimum Gasteiger partial charge on any atom is -0.497 e. The largest absolute Gasteiger partial charge is 0.497 e. The Balaban J connectivity index is 1.39. The quantitative estimate of drug-likeness (QED) is 0.227. The minimum atomic E-state index is -0.446. The molecule has 1 heterocycles. The summed E-state index contributed by atoms with van der Waals surface area (Å²) in [5.74, 6) is -0.196. The molecule has 1 aliphatic heterocycles. The monoisotopic (exact) mass is 543 g/mol. The highest BCUT2D eigenvalue weighted by atomic mass is 16.5. The number of carbonyl (C=O) groups is 3. The number of hydrogen-bond acceptors (Lipinski definition) is 6. The molecule has 2 amide bonds. The summed E-state index contributed by atoms with van der Waals surface area (Å²) in [6, 6.07) is 23.4. The lowest BCUT2D eigenvalue weighted by Gasteiger charge is -2.25. The number of hydrogen-bond donors (Lipinski definition) is 1. The van der Waals surface area contributed by atoms with Gasteiger partial charge in [0.25, 0.3) is 0 Å². The number of para-hydroxylation sites is 1. The van der Waals surface area contributed by atoms with Crippen LogP contribution in [0.2, 0.25) is 0 Å². The second kappa shape index (κ2) is 13.6. The molecule has 0 radical (unpaired) electrons. The number of methoxy groups -OCH3 is 1. The predicted octanol–water partition coefficient (Wildman–Crippen LogP) is 5.87. The Labute approximate surface area is 235 Å². The van der Waals surface area contributed by atoms with Crippen LogP contribution in [0.3, 0.4) is 0 Å². The van der Waals surface area contributed by atoms with Crippen molar-refractivity contribution in [1.82, 2.24) is 0 Å². The van der Waals surface area contributed by atoms with Crippen molar-refractivity contribution in [2.24, 2.45) is 5.92 Å². The van der Waals surface area contributed by atoms with Crippen molar-refractivity contribution >= 4 is 40.5 Å². The van der Waals surface area contributed by atoms with Crippen LogP contribution in [0.1, 0.15) is 38.2 Å². The zero-order valence-electron chi connectivity index (χ0n) is 23.4. The Morgan fingerprint density at radius 1 is 1.00 bits per heavy atom. The molecule has 3 aromatic rings. The fourth-order valence-corrected chi connectivity index (χ4v) is 4.88. The van der Waals surface area contributed by atoms with Crippen molar-refractivity contribution in [2.75, 3.05) is 41.9 Å². The fraction of sp³-hybridized carbons (Fsp3) is 0.344. The Kier molecular flexibility index (Phi) is 9.78. The Hall–Kier alpha value is -4.33. The number of benzene rings is 3. The molecule has 3 aromatic carbocycles. The topological polar surface area (TPSA) is 88.2 Å². The average Bonchev–Trinajstić information content (AvgIpc) is 3.36. The van der Waals surface area contributed by atoms with Gasteiger partial charge in [-0.15, -0.1) is 0 Å². The first kappa shape index (κ1) is 28.7. The maximum absolute atomic E-state index is 13.1. The maximum Gasteiger partial charge on any atom is 0.305 e. The van der Waals surface area contributed by atoms with Crippen molar-refractivity contribution in [3.8, 4) is 5.75 Å². The van der Waals surface area contributed by atoms with Crippen molar-refractivity contribution < 1.29 is 23.9 Å². The van der Waals surface area contributed by atoms with Gasteiger partial charge in [0.2, 0.25) is 11.8 Å². The van der Waals surface area contributed by atoms with Crippen LogP contribution in [0.5, 0.6) is 5.75 Å². The lowest BCUT2D eigenvalue weighted by molar-refractivity contribution is -0.143. The van der Waals surface area contributed by atoms with E-state index in [1.807, 2.05) is 86.6 Å². The van der Waals surface area contributed by atoms with E-state index < -0.39 is 5.92 Å². The fourth-order valence-electron chi connectivity index (χ4n) is 4.88. The molecule has 40 heavy (non-hydrogen) atoms. The number of aryl methyl sites for hydroxylation is 1. The van der Waals surface area contributed by atoms with E-state index in [2.05, 4.69) is 10.2 Å². The average molecular weight is 544 g/mol. The first-order chi connectivity index (χ1) is 19.4. The van der Waals surface area contributed by atoms with Crippen molar-refractivity contribution in [3.05, 3.63) is 78.4 Å². The molecule has 1 fully saturated rings. The highest BCUT2D eigenvalue weighted by molar-refractivity contribution is 6.04. The Morgan fingerprint density at radius 3 is 2.42 bits per heavy atom. The molecule has 1 saturated heterocycles. The summed E-state index contributed by atoms with van der Waals surface area (Å²) in [5.41, 5.74) is 4.43. The molecule has 0 saturated carbocycles. The number of nitrogens with zero attached hydrogens (tertiary/aromatic N) is 2. The number of carbonyl (C=O) groups excluding carboxylic acids is 3. The summed E-state index contributed by atoms with van der Waals surface area (Å²) in [6.07, 6.45) is 2.13. The van der Waals surface area contributed by atoms with Gasteiger partial charge in [0.1, 0.15) is 5.75 Å². The molecule has 4 rings (SSSR count). The molecule has 0 spiro atoms. The summed E-state index contributed by atoms with van der Waals surface area (Å²) >= 11 is 0. The van der Waals surface area contributed by atoms with Crippen LogP contribution in [0.25, 0.3) is 0 Å². The van der Waals surface area contributed by atoms with Gasteiger partial charge in [-0.3, -0.25) is 14.4 Å². The lowest BCUT2D eigenvalue weighted by Crippen LogP contribution is -2.28. The summed E-state index contributed by atoms with van der Waals surface area (Å²) in [5, 5.41) is 2.98. The van der Waals surface area contributed by atoms with Crippen LogP contribution in [-0.2, 0) is 19.1 Å². The number of anilines is 4. The molecule has 8 nitrogen and oxygen atoms in total. The molecule has 1 atom stereocenters. The number of unbranched alkanes of at least 4 members (excludes halogenated alkanes) is 1. The second-order valence-corrected chi connectivity index (χ2v) is 9.84. The molecule has 0 aliphatic carbocycles. The zero-order chi connectivity index (χ0) is 28.5. The van der Waals surface area contributed by atoms with Crippen LogP contribution in [0.4, 0.5) is 22.7 Å². The van der Waals surface area contributed by atoms with Crippen LogP contribution >= 0.6 is 0 Å². The van der Waals surface area contributed by atoms with Gasteiger partial charge in [-0.25, -0.2) is 0 Å². The molecule has 1 aliphatic rings. The summed E-state index contributed by atoms with van der Waals surface area (Å²) in [7, 11) is 1.59. The van der Waals surface area contributed by atoms with E-state index in [-0.39, 0.29) is 24.2 Å². The second-order valence-electron chi connectivity index (χ2n) is 9.84. The predicted molar refractivity (Wildman–Crippen MR) is 157 cm³/mol. The highest BCUT2D eigenvalue weighted by Crippen LogP contribution is 2.32. The molecule has 8 heteroatoms. The van der Waals surface area contributed by atoms with Gasteiger partial charge in [0.05, 0.1) is 25.3 Å². The molecule has 0 aromatic heterocycles. The van der Waals surface area contributed by atoms with E-state index in [1.54, 1.807) is 12.0 Å². The van der Waals surface area contributed by atoms with Gasteiger partial charge >= 0.3 is 5.97 Å². The van der Waals surface area contributed by atoms with Gasteiger partial charge in [0, 0.05) is 49.1 Å². The van der Waals surface area contributed by atoms with E-state index in [0.29, 0.717) is 31.0 Å². The number of esters is 1. The third-order valence-corrected chi connectivity index (χ3v) is 7.04. The third kappa shape index (κ3) is 7.20. The SMILES string of the molecule is CCOC(=O)CCCCN(c1ccccc1)c1ccc(NC(=O)C2CC(=O)N(c3cc(OC)ccc3C)C2)cc1. The summed E-state index contributed by atoms with van der Waals surface area (Å²) in [4.78, 5) is 41.5. The summed E-state index contributed by atoms with van der Waals surface area (Å²) < 4.78 is 10.4. The van der Waals surface area contributed by atoms with Gasteiger partial charge in [0.15, 0.2) is 0 Å². The van der Waals surface area contributed by atoms with Crippen molar-refractivity contribution in [3.63, 3.8) is 0 Å². The molecular weight excluding hydrogens is 506 g/mol. The highest BCUT2D eigenvalue weighted by Gasteiger charge is 2.36. The smallest absolute Gasteiger partial charge is 0.305 e. The molecule has 1 N–H and O–H groups in total.